The fourth-order valence-electron chi connectivity index (χ4n) is 1.81. The second-order valence-corrected chi connectivity index (χ2v) is 4.88. The van der Waals surface area contributed by atoms with E-state index in [0.717, 1.165) is 44.5 Å². The van der Waals surface area contributed by atoms with E-state index in [1.165, 1.54) is 0 Å². The molecule has 2 rings (SSSR count). The van der Waals surface area contributed by atoms with Crippen LogP contribution in [-0.2, 0) is 17.8 Å². The van der Waals surface area contributed by atoms with E-state index in [0.29, 0.717) is 12.6 Å². The second kappa shape index (κ2) is 6.54. The number of aromatic nitrogens is 2. The molecule has 0 bridgehead atoms. The lowest BCUT2D eigenvalue weighted by molar-refractivity contribution is -0.121. The zero-order valence-electron chi connectivity index (χ0n) is 11.0. The third kappa shape index (κ3) is 4.49. The molecule has 18 heavy (non-hydrogen) atoms. The van der Waals surface area contributed by atoms with E-state index in [1.807, 2.05) is 10.8 Å². The summed E-state index contributed by atoms with van der Waals surface area (Å²) in [6, 6.07) is 0.429. The minimum Gasteiger partial charge on any atom is -0.352 e. The molecular formula is C13H22N4O. The lowest BCUT2D eigenvalue weighted by atomic mass is 10.3. The molecule has 0 aromatic carbocycles. The average Bonchev–Trinajstić information content (AvgIpc) is 3.04. The van der Waals surface area contributed by atoms with Crippen molar-refractivity contribution in [3.05, 3.63) is 18.2 Å². The summed E-state index contributed by atoms with van der Waals surface area (Å²) >= 11 is 0. The highest BCUT2D eigenvalue weighted by Gasteiger charge is 2.23. The van der Waals surface area contributed by atoms with Crippen LogP contribution >= 0.6 is 0 Å². The van der Waals surface area contributed by atoms with E-state index in [1.54, 1.807) is 6.33 Å². The highest BCUT2D eigenvalue weighted by molar-refractivity contribution is 5.76. The highest BCUT2D eigenvalue weighted by Crippen LogP contribution is 2.18. The molecule has 1 amide bonds. The third-order valence-corrected chi connectivity index (χ3v) is 2.94. The van der Waals surface area contributed by atoms with E-state index in [2.05, 4.69) is 22.5 Å². The molecule has 0 unspecified atom stereocenters. The monoisotopic (exact) mass is 250 g/mol. The molecule has 1 saturated carbocycles. The van der Waals surface area contributed by atoms with Crippen LogP contribution in [0.1, 0.15) is 31.9 Å². The summed E-state index contributed by atoms with van der Waals surface area (Å²) in [6.07, 6.45) is 8.02. The van der Waals surface area contributed by atoms with Gasteiger partial charge in [-0.2, -0.15) is 0 Å². The average molecular weight is 250 g/mol. The summed E-state index contributed by atoms with van der Waals surface area (Å²) in [7, 11) is 0. The number of nitrogens with zero attached hydrogens (tertiary/aromatic N) is 2. The van der Waals surface area contributed by atoms with Crippen LogP contribution in [0.5, 0.6) is 0 Å². The van der Waals surface area contributed by atoms with Crippen LogP contribution in [0.4, 0.5) is 0 Å². The van der Waals surface area contributed by atoms with Crippen molar-refractivity contribution in [2.45, 2.75) is 45.2 Å². The van der Waals surface area contributed by atoms with Gasteiger partial charge in [0.25, 0.3) is 0 Å². The highest BCUT2D eigenvalue weighted by atomic mass is 16.2. The molecule has 1 heterocycles. The molecule has 5 nitrogen and oxygen atoms in total. The Morgan fingerprint density at radius 3 is 3.06 bits per heavy atom. The Morgan fingerprint density at radius 2 is 2.33 bits per heavy atom. The molecular weight excluding hydrogens is 228 g/mol. The van der Waals surface area contributed by atoms with Gasteiger partial charge in [-0.15, -0.1) is 0 Å². The van der Waals surface area contributed by atoms with Crippen LogP contribution in [0.25, 0.3) is 0 Å². The SMILES string of the molecule is CCCNCCc1cn(CC(=O)NC2CC2)cn1. The van der Waals surface area contributed by atoms with Gasteiger partial charge in [0.15, 0.2) is 0 Å². The first-order chi connectivity index (χ1) is 8.78. The summed E-state index contributed by atoms with van der Waals surface area (Å²) in [4.78, 5) is 15.9. The topological polar surface area (TPSA) is 59.0 Å². The Labute approximate surface area is 108 Å². The predicted octanol–water partition coefficient (Wildman–Crippen LogP) is 0.704. The fraction of sp³-hybridized carbons (Fsp3) is 0.692. The third-order valence-electron chi connectivity index (χ3n) is 2.94. The van der Waals surface area contributed by atoms with E-state index < -0.39 is 0 Å². The summed E-state index contributed by atoms with van der Waals surface area (Å²) in [5, 5.41) is 6.31. The minimum atomic E-state index is 0.0885. The molecule has 5 heteroatoms. The number of hydrogen-bond donors (Lipinski definition) is 2. The van der Waals surface area contributed by atoms with Crippen molar-refractivity contribution in [3.8, 4) is 0 Å². The molecule has 0 radical (unpaired) electrons. The zero-order chi connectivity index (χ0) is 12.8. The first kappa shape index (κ1) is 13.1. The summed E-state index contributed by atoms with van der Waals surface area (Å²) in [5.74, 6) is 0.0885. The normalized spacial score (nSPS) is 14.7. The van der Waals surface area contributed by atoms with Gasteiger partial charge in [-0.3, -0.25) is 4.79 Å². The molecule has 1 aromatic rings. The Morgan fingerprint density at radius 1 is 1.50 bits per heavy atom. The van der Waals surface area contributed by atoms with Crippen LogP contribution in [0.2, 0.25) is 0 Å². The first-order valence-electron chi connectivity index (χ1n) is 6.78. The quantitative estimate of drug-likeness (QED) is 0.668. The van der Waals surface area contributed by atoms with Crippen molar-refractivity contribution in [2.24, 2.45) is 0 Å². The standard InChI is InChI=1S/C13H22N4O/c1-2-6-14-7-5-12-8-17(10-15-12)9-13(18)16-11-3-4-11/h8,10-11,14H,2-7,9H2,1H3,(H,16,18). The Bertz CT molecular complexity index is 384. The zero-order valence-corrected chi connectivity index (χ0v) is 11.0. The van der Waals surface area contributed by atoms with Crippen LogP contribution < -0.4 is 10.6 Å². The maximum Gasteiger partial charge on any atom is 0.240 e. The molecule has 0 saturated heterocycles. The van der Waals surface area contributed by atoms with Gasteiger partial charge in [0.2, 0.25) is 5.91 Å². The molecule has 1 aliphatic rings. The first-order valence-corrected chi connectivity index (χ1v) is 6.78. The molecule has 0 spiro atoms. The maximum atomic E-state index is 11.6. The van der Waals surface area contributed by atoms with Gasteiger partial charge in [0.1, 0.15) is 6.54 Å². The van der Waals surface area contributed by atoms with Crippen LogP contribution in [0.15, 0.2) is 12.5 Å². The minimum absolute atomic E-state index is 0.0885. The van der Waals surface area contributed by atoms with E-state index >= 15 is 0 Å². The lowest BCUT2D eigenvalue weighted by Crippen LogP contribution is -2.28. The smallest absolute Gasteiger partial charge is 0.240 e. The second-order valence-electron chi connectivity index (χ2n) is 4.88. The number of carbonyl (C=O) groups excluding carboxylic acids is 1. The van der Waals surface area contributed by atoms with Gasteiger partial charge < -0.3 is 15.2 Å². The van der Waals surface area contributed by atoms with Gasteiger partial charge in [-0.25, -0.2) is 4.98 Å². The Balaban J connectivity index is 1.69. The van der Waals surface area contributed by atoms with Crippen molar-refractivity contribution < 1.29 is 4.79 Å². The van der Waals surface area contributed by atoms with Crippen molar-refractivity contribution >= 4 is 5.91 Å². The van der Waals surface area contributed by atoms with Crippen molar-refractivity contribution in [1.82, 2.24) is 20.2 Å². The molecule has 100 valence electrons. The van der Waals surface area contributed by atoms with Gasteiger partial charge in [0.05, 0.1) is 12.0 Å². The summed E-state index contributed by atoms with van der Waals surface area (Å²) < 4.78 is 1.85. The number of nitrogens with one attached hydrogen (secondary N) is 2. The molecule has 1 aromatic heterocycles. The number of amides is 1. The maximum absolute atomic E-state index is 11.6. The summed E-state index contributed by atoms with van der Waals surface area (Å²) in [5.41, 5.74) is 1.04. The molecule has 2 N–H and O–H groups in total. The van der Waals surface area contributed by atoms with Gasteiger partial charge >= 0.3 is 0 Å². The molecule has 0 atom stereocenters. The van der Waals surface area contributed by atoms with E-state index in [4.69, 9.17) is 0 Å². The largest absolute Gasteiger partial charge is 0.352 e. The summed E-state index contributed by atoms with van der Waals surface area (Å²) in [6.45, 7) is 4.52. The molecule has 1 aliphatic carbocycles. The van der Waals surface area contributed by atoms with Crippen LogP contribution in [0.3, 0.4) is 0 Å². The molecule has 0 aliphatic heterocycles. The van der Waals surface area contributed by atoms with Gasteiger partial charge in [-0.1, -0.05) is 6.92 Å². The number of imidazole rings is 1. The van der Waals surface area contributed by atoms with Crippen molar-refractivity contribution in [2.75, 3.05) is 13.1 Å². The fourth-order valence-corrected chi connectivity index (χ4v) is 1.81. The van der Waals surface area contributed by atoms with Crippen LogP contribution in [-0.4, -0.2) is 34.6 Å². The van der Waals surface area contributed by atoms with Crippen LogP contribution in [0, 0.1) is 0 Å². The lowest BCUT2D eigenvalue weighted by Gasteiger charge is -2.03. The van der Waals surface area contributed by atoms with Crippen molar-refractivity contribution in [3.63, 3.8) is 0 Å². The van der Waals surface area contributed by atoms with Crippen molar-refractivity contribution in [1.29, 1.82) is 0 Å². The Hall–Kier alpha value is -1.36. The van der Waals surface area contributed by atoms with E-state index in [-0.39, 0.29) is 5.91 Å². The Kier molecular flexibility index (Phi) is 4.75. The van der Waals surface area contributed by atoms with Gasteiger partial charge in [0, 0.05) is 25.2 Å². The van der Waals surface area contributed by atoms with Gasteiger partial charge in [-0.05, 0) is 25.8 Å². The number of rotatable bonds is 8. The number of carbonyl (C=O) groups is 1. The number of hydrogen-bond acceptors (Lipinski definition) is 3. The molecule has 1 fully saturated rings. The van der Waals surface area contributed by atoms with E-state index in [9.17, 15) is 4.79 Å². The predicted molar refractivity (Wildman–Crippen MR) is 70.3 cm³/mol.